The molecule has 0 fully saturated rings. The fourth-order valence-corrected chi connectivity index (χ4v) is 1.76. The van der Waals surface area contributed by atoms with Gasteiger partial charge in [0.1, 0.15) is 5.75 Å². The van der Waals surface area contributed by atoms with Crippen LogP contribution in [-0.4, -0.2) is 42.4 Å². The van der Waals surface area contributed by atoms with Crippen molar-refractivity contribution in [3.05, 3.63) is 42.2 Å². The zero-order valence-corrected chi connectivity index (χ0v) is 12.5. The maximum Gasteiger partial charge on any atom is 0.271 e. The second-order valence-corrected chi connectivity index (χ2v) is 4.74. The molecule has 1 heterocycles. The van der Waals surface area contributed by atoms with E-state index >= 15 is 0 Å². The molecule has 0 spiro atoms. The first-order chi connectivity index (χ1) is 10.1. The first-order valence-electron chi connectivity index (χ1n) is 6.79. The number of aromatic nitrogens is 2. The van der Waals surface area contributed by atoms with Gasteiger partial charge in [-0.15, -0.1) is 0 Å². The summed E-state index contributed by atoms with van der Waals surface area (Å²) in [6.07, 6.45) is 1.76. The molecule has 1 aromatic carbocycles. The maximum atomic E-state index is 12.0. The van der Waals surface area contributed by atoms with E-state index in [1.807, 2.05) is 38.2 Å². The molecule has 0 aliphatic heterocycles. The zero-order valence-electron chi connectivity index (χ0n) is 12.5. The molecule has 21 heavy (non-hydrogen) atoms. The van der Waals surface area contributed by atoms with Gasteiger partial charge in [-0.05, 0) is 44.3 Å². The molecule has 0 aliphatic carbocycles. The number of nitrogens with zero attached hydrogens (tertiary/aromatic N) is 2. The van der Waals surface area contributed by atoms with Gasteiger partial charge >= 0.3 is 0 Å². The summed E-state index contributed by atoms with van der Waals surface area (Å²) in [5.41, 5.74) is 1.27. The van der Waals surface area contributed by atoms with Crippen LogP contribution < -0.4 is 15.4 Å². The van der Waals surface area contributed by atoms with Crippen molar-refractivity contribution in [3.8, 4) is 11.4 Å². The van der Waals surface area contributed by atoms with E-state index in [1.54, 1.807) is 24.1 Å². The van der Waals surface area contributed by atoms with Crippen LogP contribution in [0.2, 0.25) is 0 Å². The Balaban J connectivity index is 2.04. The summed E-state index contributed by atoms with van der Waals surface area (Å²) in [6, 6.07) is 9.39. The summed E-state index contributed by atoms with van der Waals surface area (Å²) in [7, 11) is 3.48. The Kier molecular flexibility index (Phi) is 4.94. The van der Waals surface area contributed by atoms with Crippen molar-refractivity contribution in [2.24, 2.45) is 0 Å². The molecule has 1 aromatic heterocycles. The number of ether oxygens (including phenoxy) is 1. The molecule has 2 aromatic rings. The molecule has 0 saturated heterocycles. The summed E-state index contributed by atoms with van der Waals surface area (Å²) in [6.45, 7) is 2.56. The normalized spacial score (nSPS) is 12.0. The van der Waals surface area contributed by atoms with Crippen molar-refractivity contribution >= 4 is 5.91 Å². The van der Waals surface area contributed by atoms with Crippen molar-refractivity contribution in [1.29, 1.82) is 0 Å². The lowest BCUT2D eigenvalue weighted by Crippen LogP contribution is -2.37. The Morgan fingerprint density at radius 2 is 2.05 bits per heavy atom. The number of methoxy groups -OCH3 is 1. The highest BCUT2D eigenvalue weighted by Gasteiger charge is 2.10. The van der Waals surface area contributed by atoms with E-state index in [0.717, 1.165) is 11.4 Å². The molecule has 112 valence electrons. The summed E-state index contributed by atoms with van der Waals surface area (Å²) >= 11 is 0. The van der Waals surface area contributed by atoms with E-state index in [0.29, 0.717) is 12.2 Å². The minimum Gasteiger partial charge on any atom is -0.497 e. The van der Waals surface area contributed by atoms with E-state index in [1.165, 1.54) is 0 Å². The molecule has 2 N–H and O–H groups in total. The molecular formula is C15H20N4O2. The van der Waals surface area contributed by atoms with Crippen LogP contribution in [0.25, 0.3) is 5.69 Å². The van der Waals surface area contributed by atoms with Crippen LogP contribution >= 0.6 is 0 Å². The van der Waals surface area contributed by atoms with Crippen molar-refractivity contribution in [3.63, 3.8) is 0 Å². The average molecular weight is 288 g/mol. The Morgan fingerprint density at radius 3 is 2.67 bits per heavy atom. The number of carbonyl (C=O) groups excluding carboxylic acids is 1. The standard InChI is InChI=1S/C15H20N4O2/c1-11(16-2)10-17-15(20)14-8-9-19(18-14)12-4-6-13(21-3)7-5-12/h4-9,11,16H,10H2,1-3H3,(H,17,20). The van der Waals surface area contributed by atoms with Gasteiger partial charge in [-0.25, -0.2) is 4.68 Å². The van der Waals surface area contributed by atoms with Gasteiger partial charge in [-0.1, -0.05) is 0 Å². The van der Waals surface area contributed by atoms with E-state index in [9.17, 15) is 4.79 Å². The monoisotopic (exact) mass is 288 g/mol. The summed E-state index contributed by atoms with van der Waals surface area (Å²) in [5.74, 6) is 0.606. The van der Waals surface area contributed by atoms with Crippen LogP contribution in [0.3, 0.4) is 0 Å². The highest BCUT2D eigenvalue weighted by Crippen LogP contribution is 2.14. The molecule has 2 rings (SSSR count). The molecule has 6 heteroatoms. The third-order valence-corrected chi connectivity index (χ3v) is 3.22. The lowest BCUT2D eigenvalue weighted by atomic mass is 10.3. The number of likely N-dealkylation sites (N-methyl/N-ethyl adjacent to an activating group) is 1. The van der Waals surface area contributed by atoms with Gasteiger partial charge in [0, 0.05) is 18.8 Å². The van der Waals surface area contributed by atoms with Crippen molar-refractivity contribution in [1.82, 2.24) is 20.4 Å². The first-order valence-corrected chi connectivity index (χ1v) is 6.79. The fourth-order valence-electron chi connectivity index (χ4n) is 1.76. The molecule has 0 bridgehead atoms. The minimum atomic E-state index is -0.177. The predicted octanol–water partition coefficient (Wildman–Crippen LogP) is 1.22. The molecule has 1 unspecified atom stereocenters. The number of hydrogen-bond donors (Lipinski definition) is 2. The topological polar surface area (TPSA) is 68.2 Å². The Bertz CT molecular complexity index is 592. The van der Waals surface area contributed by atoms with E-state index < -0.39 is 0 Å². The second kappa shape index (κ2) is 6.90. The Hall–Kier alpha value is -2.34. The van der Waals surface area contributed by atoms with E-state index in [4.69, 9.17) is 4.74 Å². The van der Waals surface area contributed by atoms with Gasteiger partial charge < -0.3 is 15.4 Å². The van der Waals surface area contributed by atoms with Crippen LogP contribution in [-0.2, 0) is 0 Å². The average Bonchev–Trinajstić information content (AvgIpc) is 3.02. The Morgan fingerprint density at radius 1 is 1.33 bits per heavy atom. The fraction of sp³-hybridized carbons (Fsp3) is 0.333. The number of benzene rings is 1. The van der Waals surface area contributed by atoms with Crippen LogP contribution in [0.5, 0.6) is 5.75 Å². The predicted molar refractivity (Wildman–Crippen MR) is 81.0 cm³/mol. The quantitative estimate of drug-likeness (QED) is 0.838. The van der Waals surface area contributed by atoms with Crippen LogP contribution in [0.4, 0.5) is 0 Å². The van der Waals surface area contributed by atoms with E-state index in [2.05, 4.69) is 15.7 Å². The van der Waals surface area contributed by atoms with Crippen LogP contribution in [0, 0.1) is 0 Å². The van der Waals surface area contributed by atoms with Crippen LogP contribution in [0.1, 0.15) is 17.4 Å². The molecule has 1 atom stereocenters. The summed E-state index contributed by atoms with van der Waals surface area (Å²) < 4.78 is 6.78. The molecular weight excluding hydrogens is 268 g/mol. The summed E-state index contributed by atoms with van der Waals surface area (Å²) in [4.78, 5) is 12.0. The number of amides is 1. The molecule has 0 radical (unpaired) electrons. The SMILES string of the molecule is CNC(C)CNC(=O)c1ccn(-c2ccc(OC)cc2)n1. The summed E-state index contributed by atoms with van der Waals surface area (Å²) in [5, 5.41) is 10.2. The Labute approximate surface area is 124 Å². The lowest BCUT2D eigenvalue weighted by molar-refractivity contribution is 0.0945. The number of nitrogens with one attached hydrogen (secondary N) is 2. The maximum absolute atomic E-state index is 12.0. The largest absolute Gasteiger partial charge is 0.497 e. The third kappa shape index (κ3) is 3.82. The van der Waals surface area contributed by atoms with Gasteiger partial charge in [0.25, 0.3) is 5.91 Å². The smallest absolute Gasteiger partial charge is 0.271 e. The molecule has 0 aliphatic rings. The van der Waals surface area contributed by atoms with Crippen molar-refractivity contribution < 1.29 is 9.53 Å². The van der Waals surface area contributed by atoms with Crippen LogP contribution in [0.15, 0.2) is 36.5 Å². The highest BCUT2D eigenvalue weighted by atomic mass is 16.5. The zero-order chi connectivity index (χ0) is 15.2. The number of rotatable bonds is 6. The van der Waals surface area contributed by atoms with E-state index in [-0.39, 0.29) is 11.9 Å². The first kappa shape index (κ1) is 15.1. The number of hydrogen-bond acceptors (Lipinski definition) is 4. The van der Waals surface area contributed by atoms with Gasteiger partial charge in [0.15, 0.2) is 5.69 Å². The van der Waals surface area contributed by atoms with Gasteiger partial charge in [-0.2, -0.15) is 5.10 Å². The van der Waals surface area contributed by atoms with Crippen molar-refractivity contribution in [2.45, 2.75) is 13.0 Å². The molecule has 0 saturated carbocycles. The third-order valence-electron chi connectivity index (χ3n) is 3.22. The molecule has 1 amide bonds. The second-order valence-electron chi connectivity index (χ2n) is 4.74. The van der Waals surface area contributed by atoms with Gasteiger partial charge in [0.05, 0.1) is 12.8 Å². The van der Waals surface area contributed by atoms with Gasteiger partial charge in [0.2, 0.25) is 0 Å². The number of carbonyl (C=O) groups is 1. The minimum absolute atomic E-state index is 0.177. The highest BCUT2D eigenvalue weighted by molar-refractivity contribution is 5.92. The van der Waals surface area contributed by atoms with Gasteiger partial charge in [-0.3, -0.25) is 4.79 Å². The molecule has 6 nitrogen and oxygen atoms in total. The lowest BCUT2D eigenvalue weighted by Gasteiger charge is -2.10. The van der Waals surface area contributed by atoms with Crippen molar-refractivity contribution in [2.75, 3.05) is 20.7 Å².